The summed E-state index contributed by atoms with van der Waals surface area (Å²) in [5.74, 6) is 2.77. The average Bonchev–Trinajstić information content (AvgIpc) is 4.21. The van der Waals surface area contributed by atoms with Gasteiger partial charge in [-0.25, -0.2) is 0 Å². The second-order valence-electron chi connectivity index (χ2n) is 19.1. The van der Waals surface area contributed by atoms with Gasteiger partial charge in [0.2, 0.25) is 0 Å². The van der Waals surface area contributed by atoms with Crippen molar-refractivity contribution in [2.24, 2.45) is 0 Å². The molecule has 4 aromatic heterocycles. The highest BCUT2D eigenvalue weighted by molar-refractivity contribution is 7.26. The number of hydrogen-bond acceptors (Lipinski definition) is 5. The molecule has 0 aliphatic carbocycles. The number of rotatable bonds is 3. The molecule has 12 heteroatoms. The molecule has 6 nitrogen and oxygen atoms in total. The van der Waals surface area contributed by atoms with Gasteiger partial charge >= 0.3 is 0 Å². The van der Waals surface area contributed by atoms with Crippen molar-refractivity contribution in [1.29, 1.82) is 5.26 Å². The smallest absolute Gasteiger partial charge is 0.260 e. The van der Waals surface area contributed by atoms with Crippen molar-refractivity contribution in [3.8, 4) is 51.6 Å². The van der Waals surface area contributed by atoms with Crippen molar-refractivity contribution in [1.82, 2.24) is 9.13 Å². The van der Waals surface area contributed by atoms with Gasteiger partial charge < -0.3 is 23.0 Å². The van der Waals surface area contributed by atoms with Crippen LogP contribution in [0.3, 0.4) is 0 Å². The number of thiophene rings is 1. The van der Waals surface area contributed by atoms with Crippen LogP contribution in [0.1, 0.15) is 5.56 Å². The quantitative estimate of drug-likeness (QED) is 0.166. The van der Waals surface area contributed by atoms with Crippen LogP contribution >= 0.6 is 11.3 Å². The van der Waals surface area contributed by atoms with Gasteiger partial charge in [-0.2, -0.15) is 5.26 Å². The van der Waals surface area contributed by atoms with E-state index in [0.29, 0.717) is 44.6 Å². The Hall–Kier alpha value is -8.77. The van der Waals surface area contributed by atoms with Crippen LogP contribution in [0.5, 0.6) is 23.0 Å². The molecule has 6 heterocycles. The molecule has 0 spiro atoms. The SMILES string of the molecule is [B]c1c([B])c([B])c2c(c1[B])c1cc(C#N)ccc1n2-c1ccc2c(c1)Oc1cc(-c3cccc4c3oc3ccc5sc6ccccc6c5c34)cc3c1B2c1ccc(-n2c4ccccc4c4ccccc42)cc1O3. The normalized spacial score (nSPS) is 12.8. The Morgan fingerprint density at radius 1 is 0.479 bits per heavy atom. The van der Waals surface area contributed by atoms with Crippen molar-refractivity contribution in [2.75, 3.05) is 0 Å². The third-order valence-electron chi connectivity index (χ3n) is 15.3. The first-order valence-electron chi connectivity index (χ1n) is 24.0. The van der Waals surface area contributed by atoms with Crippen LogP contribution in [0.4, 0.5) is 0 Å². The molecule has 0 saturated heterocycles. The van der Waals surface area contributed by atoms with E-state index < -0.39 is 0 Å². The minimum absolute atomic E-state index is 0.199. The first kappa shape index (κ1) is 40.9. The van der Waals surface area contributed by atoms with Crippen LogP contribution < -0.4 is 47.7 Å². The lowest BCUT2D eigenvalue weighted by Gasteiger charge is -2.34. The summed E-state index contributed by atoms with van der Waals surface area (Å²) in [5, 5.41) is 18.3. The molecule has 0 bridgehead atoms. The summed E-state index contributed by atoms with van der Waals surface area (Å²) >= 11 is 1.80. The average molecular weight is 937 g/mol. The van der Waals surface area contributed by atoms with Crippen molar-refractivity contribution >= 4 is 173 Å². The van der Waals surface area contributed by atoms with Crippen LogP contribution in [0, 0.1) is 11.3 Å². The highest BCUT2D eigenvalue weighted by Crippen LogP contribution is 2.47. The molecule has 326 valence electrons. The summed E-state index contributed by atoms with van der Waals surface area (Å²) in [6.07, 6.45) is 0. The summed E-state index contributed by atoms with van der Waals surface area (Å²) in [5.41, 5.74) is 13.1. The molecule has 0 amide bonds. The predicted molar refractivity (Wildman–Crippen MR) is 305 cm³/mol. The molecule has 0 atom stereocenters. The highest BCUT2D eigenvalue weighted by Gasteiger charge is 2.41. The minimum Gasteiger partial charge on any atom is -0.458 e. The van der Waals surface area contributed by atoms with Crippen LogP contribution in [-0.4, -0.2) is 47.2 Å². The fourth-order valence-electron chi connectivity index (χ4n) is 12.1. The number of para-hydroxylation sites is 3. The Labute approximate surface area is 426 Å². The lowest BCUT2D eigenvalue weighted by molar-refractivity contribution is 0.465. The fraction of sp³-hybridized carbons (Fsp3) is 0. The molecule has 2 aliphatic rings. The van der Waals surface area contributed by atoms with E-state index in [2.05, 4.69) is 156 Å². The molecule has 10 aromatic carbocycles. The van der Waals surface area contributed by atoms with Crippen LogP contribution in [0.25, 0.3) is 108 Å². The van der Waals surface area contributed by atoms with E-state index in [0.717, 1.165) is 88.5 Å². The lowest BCUT2D eigenvalue weighted by Crippen LogP contribution is -2.57. The van der Waals surface area contributed by atoms with Gasteiger partial charge in [0.1, 0.15) is 65.5 Å². The number of nitrogens with zero attached hydrogens (tertiary/aromatic N) is 3. The van der Waals surface area contributed by atoms with Crippen molar-refractivity contribution in [3.05, 3.63) is 175 Å². The molecule has 2 aliphatic heterocycles. The molecule has 8 radical (unpaired) electrons. The molecular weight excluding hydrogens is 909 g/mol. The van der Waals surface area contributed by atoms with Gasteiger partial charge in [-0.15, -0.1) is 22.3 Å². The number of furan rings is 1. The van der Waals surface area contributed by atoms with Gasteiger partial charge in [0.25, 0.3) is 6.71 Å². The second kappa shape index (κ2) is 14.7. The highest BCUT2D eigenvalue weighted by atomic mass is 32.1. The lowest BCUT2D eigenvalue weighted by atomic mass is 9.35. The monoisotopic (exact) mass is 937 g/mol. The van der Waals surface area contributed by atoms with Gasteiger partial charge in [0.15, 0.2) is 0 Å². The van der Waals surface area contributed by atoms with E-state index in [1.165, 1.54) is 30.9 Å². The number of hydrogen-bond donors (Lipinski definition) is 0. The van der Waals surface area contributed by atoms with Gasteiger partial charge in [-0.1, -0.05) is 95.9 Å². The van der Waals surface area contributed by atoms with E-state index in [1.54, 1.807) is 17.4 Å². The van der Waals surface area contributed by atoms with E-state index in [-0.39, 0.29) is 17.6 Å². The topological polar surface area (TPSA) is 65.2 Å². The van der Waals surface area contributed by atoms with E-state index >= 15 is 0 Å². The maximum atomic E-state index is 9.97. The first-order chi connectivity index (χ1) is 35.8. The summed E-state index contributed by atoms with van der Waals surface area (Å²) in [6.45, 7) is -0.262. The molecule has 0 fully saturated rings. The summed E-state index contributed by atoms with van der Waals surface area (Å²) in [6, 6.07) is 61.1. The van der Waals surface area contributed by atoms with Gasteiger partial charge in [0.05, 0.1) is 28.2 Å². The van der Waals surface area contributed by atoms with Gasteiger partial charge in [-0.05, 0) is 94.7 Å². The van der Waals surface area contributed by atoms with Crippen molar-refractivity contribution in [3.63, 3.8) is 0 Å². The zero-order valence-electron chi connectivity index (χ0n) is 38.5. The van der Waals surface area contributed by atoms with Crippen LogP contribution in [0.15, 0.2) is 174 Å². The minimum atomic E-state index is -0.262. The predicted octanol–water partition coefficient (Wildman–Crippen LogP) is 9.59. The van der Waals surface area contributed by atoms with Crippen molar-refractivity contribution in [2.45, 2.75) is 0 Å². The third kappa shape index (κ3) is 5.47. The Kier molecular flexibility index (Phi) is 8.22. The van der Waals surface area contributed by atoms with E-state index in [4.69, 9.17) is 45.3 Å². The Balaban J connectivity index is 0.933. The van der Waals surface area contributed by atoms with E-state index in [1.807, 2.05) is 22.8 Å². The summed E-state index contributed by atoms with van der Waals surface area (Å²) in [7, 11) is 26.7. The maximum absolute atomic E-state index is 9.97. The number of ether oxygens (including phenoxy) is 2. The Morgan fingerprint density at radius 2 is 1.11 bits per heavy atom. The summed E-state index contributed by atoms with van der Waals surface area (Å²) < 4.78 is 28.0. The fourth-order valence-corrected chi connectivity index (χ4v) is 13.3. The standard InChI is InChI=1S/C61H28B5N3O3S/c62-55-54-39-24-30(29-67)16-21-44(39)69(60(54)58(65)57(64)56(55)63)33-18-20-41-47(28-33)71-49-26-31(34-11-7-12-38-52-45(72-61(34)38)22-23-51-53(52)37-10-3-6-15-50(37)73-51)25-48-59(49)66(41)40-19-17-32(27-46(40)70-48)68-42-13-4-1-8-35(42)36-9-2-5-14-43(36)68/h1-28H. The number of aromatic nitrogens is 2. The third-order valence-corrected chi connectivity index (χ3v) is 16.5. The zero-order valence-corrected chi connectivity index (χ0v) is 39.3. The molecule has 14 aromatic rings. The molecule has 0 saturated carbocycles. The number of fused-ring (bicyclic) bond motifs is 17. The Morgan fingerprint density at radius 3 is 1.82 bits per heavy atom. The molecular formula is C61H28B5N3O3S. The first-order valence-corrected chi connectivity index (χ1v) is 24.8. The van der Waals surface area contributed by atoms with Gasteiger partial charge in [-0.3, -0.25) is 0 Å². The zero-order chi connectivity index (χ0) is 48.5. The molecule has 0 unspecified atom stereocenters. The second-order valence-corrected chi connectivity index (χ2v) is 20.2. The largest absolute Gasteiger partial charge is 0.458 e. The molecule has 16 rings (SSSR count). The molecule has 0 N–H and O–H groups in total. The van der Waals surface area contributed by atoms with E-state index in [9.17, 15) is 5.26 Å². The molecule has 73 heavy (non-hydrogen) atoms. The van der Waals surface area contributed by atoms with Crippen molar-refractivity contribution < 1.29 is 13.9 Å². The summed E-state index contributed by atoms with van der Waals surface area (Å²) in [4.78, 5) is 0. The number of nitriles is 1. The Bertz CT molecular complexity index is 4850. The van der Waals surface area contributed by atoms with Gasteiger partial charge in [0, 0.05) is 87.2 Å². The maximum Gasteiger partial charge on any atom is 0.260 e. The van der Waals surface area contributed by atoms with Crippen LogP contribution in [-0.2, 0) is 0 Å². The number of benzene rings is 10. The van der Waals surface area contributed by atoms with Crippen LogP contribution in [0.2, 0.25) is 0 Å².